The van der Waals surface area contributed by atoms with Crippen molar-refractivity contribution < 1.29 is 0 Å². The van der Waals surface area contributed by atoms with Gasteiger partial charge < -0.3 is 4.57 Å². The minimum atomic E-state index is 0.513. The number of aryl methyl sites for hydroxylation is 1. The molecule has 0 spiro atoms. The molecule has 1 saturated heterocycles. The molecule has 4 heteroatoms. The summed E-state index contributed by atoms with van der Waals surface area (Å²) < 4.78 is 2.24. The molecule has 0 aliphatic carbocycles. The van der Waals surface area contributed by atoms with E-state index in [4.69, 9.17) is 4.98 Å². The number of piperidine rings is 1. The van der Waals surface area contributed by atoms with Gasteiger partial charge in [0.2, 0.25) is 0 Å². The standard InChI is InChI=1S/C23H28N4/c1-2-27-15-13-24-23(27)18-26-14-7-10-20(17-26)22-12-6-11-21(25-22)16-19-8-4-3-5-9-19/h3-6,8-9,11-13,15,20H,2,7,10,14,16-18H2,1H3/t20-/m0/s1. The molecule has 4 nitrogen and oxygen atoms in total. The van der Waals surface area contributed by atoms with E-state index in [0.29, 0.717) is 5.92 Å². The molecular formula is C23H28N4. The first-order valence-electron chi connectivity index (χ1n) is 10.0. The second kappa shape index (κ2) is 8.49. The first-order valence-corrected chi connectivity index (χ1v) is 10.0. The maximum absolute atomic E-state index is 5.01. The number of aromatic nitrogens is 3. The lowest BCUT2D eigenvalue weighted by Gasteiger charge is -2.32. The summed E-state index contributed by atoms with van der Waals surface area (Å²) in [7, 11) is 0. The highest BCUT2D eigenvalue weighted by Crippen LogP contribution is 2.27. The van der Waals surface area contributed by atoms with E-state index in [1.807, 2.05) is 6.20 Å². The van der Waals surface area contributed by atoms with Gasteiger partial charge in [-0.05, 0) is 44.0 Å². The fourth-order valence-corrected chi connectivity index (χ4v) is 4.05. The predicted molar refractivity (Wildman–Crippen MR) is 109 cm³/mol. The van der Waals surface area contributed by atoms with Crippen molar-refractivity contribution in [3.05, 3.63) is 83.7 Å². The van der Waals surface area contributed by atoms with Crippen molar-refractivity contribution in [3.8, 4) is 0 Å². The SMILES string of the molecule is CCn1ccnc1CN1CCC[C@H](c2cccc(Cc3ccccc3)n2)C1. The lowest BCUT2D eigenvalue weighted by molar-refractivity contribution is 0.192. The Morgan fingerprint density at radius 2 is 1.96 bits per heavy atom. The number of likely N-dealkylation sites (tertiary alicyclic amines) is 1. The van der Waals surface area contributed by atoms with Gasteiger partial charge in [0.05, 0.1) is 6.54 Å². The molecule has 0 amide bonds. The zero-order chi connectivity index (χ0) is 18.5. The molecule has 4 rings (SSSR count). The van der Waals surface area contributed by atoms with Crippen molar-refractivity contribution in [2.75, 3.05) is 13.1 Å². The Balaban J connectivity index is 1.44. The van der Waals surface area contributed by atoms with E-state index in [0.717, 1.165) is 38.3 Å². The maximum Gasteiger partial charge on any atom is 0.122 e. The molecule has 1 fully saturated rings. The zero-order valence-corrected chi connectivity index (χ0v) is 16.1. The first kappa shape index (κ1) is 17.9. The van der Waals surface area contributed by atoms with Gasteiger partial charge in [0, 0.05) is 49.2 Å². The number of hydrogen-bond acceptors (Lipinski definition) is 3. The van der Waals surface area contributed by atoms with E-state index in [2.05, 4.69) is 76.1 Å². The highest BCUT2D eigenvalue weighted by atomic mass is 15.2. The van der Waals surface area contributed by atoms with Crippen molar-refractivity contribution >= 4 is 0 Å². The summed E-state index contributed by atoms with van der Waals surface area (Å²) in [5, 5.41) is 0. The summed E-state index contributed by atoms with van der Waals surface area (Å²) in [6.45, 7) is 6.30. The minimum absolute atomic E-state index is 0.513. The van der Waals surface area contributed by atoms with Crippen LogP contribution in [0.4, 0.5) is 0 Å². The summed E-state index contributed by atoms with van der Waals surface area (Å²) in [5.74, 6) is 1.68. The van der Waals surface area contributed by atoms with Crippen molar-refractivity contribution in [1.82, 2.24) is 19.4 Å². The van der Waals surface area contributed by atoms with Crippen LogP contribution in [-0.4, -0.2) is 32.5 Å². The second-order valence-electron chi connectivity index (χ2n) is 7.42. The Bertz CT molecular complexity index is 856. The third-order valence-electron chi connectivity index (χ3n) is 5.49. The minimum Gasteiger partial charge on any atom is -0.334 e. The second-order valence-corrected chi connectivity index (χ2v) is 7.42. The lowest BCUT2D eigenvalue weighted by Crippen LogP contribution is -2.35. The van der Waals surface area contributed by atoms with Gasteiger partial charge in [-0.15, -0.1) is 0 Å². The van der Waals surface area contributed by atoms with E-state index in [-0.39, 0.29) is 0 Å². The number of imidazole rings is 1. The van der Waals surface area contributed by atoms with Crippen molar-refractivity contribution in [2.45, 2.75) is 45.2 Å². The van der Waals surface area contributed by atoms with Gasteiger partial charge in [0.15, 0.2) is 0 Å². The maximum atomic E-state index is 5.01. The first-order chi connectivity index (χ1) is 13.3. The number of rotatable bonds is 6. The van der Waals surface area contributed by atoms with Gasteiger partial charge in [-0.1, -0.05) is 36.4 Å². The van der Waals surface area contributed by atoms with Crippen molar-refractivity contribution in [2.24, 2.45) is 0 Å². The molecule has 3 aromatic rings. The van der Waals surface area contributed by atoms with Gasteiger partial charge in [-0.25, -0.2) is 4.98 Å². The Morgan fingerprint density at radius 3 is 2.81 bits per heavy atom. The van der Waals surface area contributed by atoms with Crippen LogP contribution < -0.4 is 0 Å². The largest absolute Gasteiger partial charge is 0.334 e. The van der Waals surface area contributed by atoms with E-state index in [1.54, 1.807) is 0 Å². The van der Waals surface area contributed by atoms with Crippen molar-refractivity contribution in [3.63, 3.8) is 0 Å². The predicted octanol–water partition coefficient (Wildman–Crippen LogP) is 4.27. The normalized spacial score (nSPS) is 17.9. The molecular weight excluding hydrogens is 332 g/mol. The van der Waals surface area contributed by atoms with Crippen LogP contribution >= 0.6 is 0 Å². The summed E-state index contributed by atoms with van der Waals surface area (Å²) in [4.78, 5) is 12.1. The molecule has 140 valence electrons. The fourth-order valence-electron chi connectivity index (χ4n) is 4.05. The zero-order valence-electron chi connectivity index (χ0n) is 16.1. The number of pyridine rings is 1. The van der Waals surface area contributed by atoms with Crippen LogP contribution in [0.2, 0.25) is 0 Å². The molecule has 1 aliphatic rings. The summed E-state index contributed by atoms with van der Waals surface area (Å²) >= 11 is 0. The summed E-state index contributed by atoms with van der Waals surface area (Å²) in [6.07, 6.45) is 7.34. The third kappa shape index (κ3) is 4.45. The van der Waals surface area contributed by atoms with Crippen LogP contribution in [0.3, 0.4) is 0 Å². The van der Waals surface area contributed by atoms with Crippen LogP contribution in [-0.2, 0) is 19.5 Å². The topological polar surface area (TPSA) is 34.0 Å². The Kier molecular flexibility index (Phi) is 5.64. The van der Waals surface area contributed by atoms with Crippen LogP contribution in [0.15, 0.2) is 60.9 Å². The third-order valence-corrected chi connectivity index (χ3v) is 5.49. The van der Waals surface area contributed by atoms with Crippen LogP contribution in [0.25, 0.3) is 0 Å². The molecule has 0 unspecified atom stereocenters. The van der Waals surface area contributed by atoms with Gasteiger partial charge in [-0.3, -0.25) is 9.88 Å². The highest BCUT2D eigenvalue weighted by Gasteiger charge is 2.23. The number of benzene rings is 1. The van der Waals surface area contributed by atoms with Crippen LogP contribution in [0, 0.1) is 0 Å². The molecule has 0 saturated carbocycles. The fraction of sp³-hybridized carbons (Fsp3) is 0.391. The Labute approximate surface area is 161 Å². The van der Waals surface area contributed by atoms with Crippen LogP contribution in [0.5, 0.6) is 0 Å². The Morgan fingerprint density at radius 1 is 1.07 bits per heavy atom. The summed E-state index contributed by atoms with van der Waals surface area (Å²) in [5.41, 5.74) is 3.73. The average molecular weight is 361 g/mol. The molecule has 1 atom stereocenters. The van der Waals surface area contributed by atoms with Gasteiger partial charge in [0.25, 0.3) is 0 Å². The lowest BCUT2D eigenvalue weighted by atomic mass is 9.94. The van der Waals surface area contributed by atoms with E-state index in [9.17, 15) is 0 Å². The van der Waals surface area contributed by atoms with Crippen molar-refractivity contribution in [1.29, 1.82) is 0 Å². The van der Waals surface area contributed by atoms with E-state index < -0.39 is 0 Å². The molecule has 27 heavy (non-hydrogen) atoms. The quantitative estimate of drug-likeness (QED) is 0.658. The van der Waals surface area contributed by atoms with Gasteiger partial charge in [0.1, 0.15) is 5.82 Å². The highest BCUT2D eigenvalue weighted by molar-refractivity contribution is 5.24. The molecule has 3 heterocycles. The molecule has 0 bridgehead atoms. The molecule has 0 N–H and O–H groups in total. The average Bonchev–Trinajstić information content (AvgIpc) is 3.16. The van der Waals surface area contributed by atoms with Gasteiger partial charge in [-0.2, -0.15) is 0 Å². The van der Waals surface area contributed by atoms with Gasteiger partial charge >= 0.3 is 0 Å². The monoisotopic (exact) mass is 360 g/mol. The van der Waals surface area contributed by atoms with Crippen LogP contribution in [0.1, 0.15) is 48.5 Å². The molecule has 1 aliphatic heterocycles. The molecule has 1 aromatic carbocycles. The van der Waals surface area contributed by atoms with E-state index in [1.165, 1.54) is 29.9 Å². The molecule has 2 aromatic heterocycles. The molecule has 0 radical (unpaired) electrons. The Hall–Kier alpha value is -2.46. The number of nitrogens with zero attached hydrogens (tertiary/aromatic N) is 4. The summed E-state index contributed by atoms with van der Waals surface area (Å²) in [6, 6.07) is 17.1. The van der Waals surface area contributed by atoms with E-state index >= 15 is 0 Å². The number of hydrogen-bond donors (Lipinski definition) is 0. The smallest absolute Gasteiger partial charge is 0.122 e.